The van der Waals surface area contributed by atoms with Crippen LogP contribution >= 0.6 is 0 Å². The van der Waals surface area contributed by atoms with E-state index in [0.717, 1.165) is 22.4 Å². The van der Waals surface area contributed by atoms with Crippen LogP contribution < -0.4 is 4.74 Å². The lowest BCUT2D eigenvalue weighted by molar-refractivity contribution is -0.0260. The molecule has 2 aromatic carbocycles. The van der Waals surface area contributed by atoms with Gasteiger partial charge in [-0.25, -0.2) is 0 Å². The number of benzene rings is 2. The highest BCUT2D eigenvalue weighted by atomic mass is 16.5. The Kier molecular flexibility index (Phi) is 3.43. The van der Waals surface area contributed by atoms with Crippen LogP contribution in [0.3, 0.4) is 0 Å². The van der Waals surface area contributed by atoms with Gasteiger partial charge in [0.05, 0.1) is 6.61 Å². The van der Waals surface area contributed by atoms with Gasteiger partial charge in [0.1, 0.15) is 17.5 Å². The maximum Gasteiger partial charge on any atom is 0.124 e. The van der Waals surface area contributed by atoms with Gasteiger partial charge in [-0.1, -0.05) is 44.2 Å². The lowest BCUT2D eigenvalue weighted by atomic mass is 9.56. The first-order valence-electron chi connectivity index (χ1n) is 10.0. The summed E-state index contributed by atoms with van der Waals surface area (Å²) < 4.78 is 6.58. The molecule has 2 saturated carbocycles. The minimum Gasteiger partial charge on any atom is -0.486 e. The van der Waals surface area contributed by atoms with Crippen LogP contribution in [0.25, 0.3) is 0 Å². The van der Waals surface area contributed by atoms with Gasteiger partial charge in [-0.3, -0.25) is 0 Å². The van der Waals surface area contributed by atoms with E-state index in [9.17, 15) is 10.2 Å². The number of hydrogen-bond donors (Lipinski definition) is 2. The van der Waals surface area contributed by atoms with Crippen molar-refractivity contribution in [3.63, 3.8) is 0 Å². The van der Waals surface area contributed by atoms with Crippen molar-refractivity contribution in [3.8, 4) is 5.75 Å². The van der Waals surface area contributed by atoms with Gasteiger partial charge in [0, 0.05) is 11.0 Å². The van der Waals surface area contributed by atoms with Crippen LogP contribution in [0.4, 0.5) is 0 Å². The second-order valence-corrected chi connectivity index (χ2v) is 9.39. The normalized spacial score (nSPS) is 37.0. The van der Waals surface area contributed by atoms with Gasteiger partial charge in [-0.15, -0.1) is 0 Å². The van der Waals surface area contributed by atoms with E-state index in [2.05, 4.69) is 26.8 Å². The number of aliphatic hydroxyl groups excluding tert-OH is 2. The predicted octanol–water partition coefficient (Wildman–Crippen LogP) is 4.49. The van der Waals surface area contributed by atoms with Crippen LogP contribution in [0.5, 0.6) is 5.75 Å². The molecule has 2 aromatic rings. The molecule has 5 rings (SSSR count). The zero-order valence-corrected chi connectivity index (χ0v) is 16.3. The van der Waals surface area contributed by atoms with E-state index in [1.165, 1.54) is 24.8 Å². The number of aliphatic hydroxyl groups is 2. The van der Waals surface area contributed by atoms with Crippen molar-refractivity contribution in [2.45, 2.75) is 63.8 Å². The molecule has 0 amide bonds. The molecule has 0 aromatic heterocycles. The fourth-order valence-corrected chi connectivity index (χ4v) is 6.37. The summed E-state index contributed by atoms with van der Waals surface area (Å²) in [6.45, 7) is 7.12. The molecule has 0 radical (unpaired) electrons. The van der Waals surface area contributed by atoms with Gasteiger partial charge < -0.3 is 14.9 Å². The van der Waals surface area contributed by atoms with Crippen molar-refractivity contribution in [2.24, 2.45) is 11.3 Å². The lowest BCUT2D eigenvalue weighted by Gasteiger charge is -2.48. The molecular formula is C24H28O3. The Morgan fingerprint density at radius 1 is 1.07 bits per heavy atom. The van der Waals surface area contributed by atoms with Crippen LogP contribution in [0.15, 0.2) is 42.5 Å². The average molecular weight is 364 g/mol. The number of ether oxygens (including phenoxy) is 1. The van der Waals surface area contributed by atoms with Crippen LogP contribution in [0, 0.1) is 11.3 Å². The summed E-state index contributed by atoms with van der Waals surface area (Å²) in [6, 6.07) is 13.7. The smallest absolute Gasteiger partial charge is 0.124 e. The minimum atomic E-state index is -0.676. The molecule has 142 valence electrons. The molecule has 2 fully saturated rings. The summed E-state index contributed by atoms with van der Waals surface area (Å²) in [6.07, 6.45) is 3.06. The third-order valence-corrected chi connectivity index (χ3v) is 8.38. The van der Waals surface area contributed by atoms with Gasteiger partial charge in [0.2, 0.25) is 0 Å². The Bertz CT molecular complexity index is 904. The maximum atomic E-state index is 11.0. The summed E-state index contributed by atoms with van der Waals surface area (Å²) in [5.41, 5.74) is 3.96. The first-order valence-corrected chi connectivity index (χ1v) is 10.0. The van der Waals surface area contributed by atoms with E-state index >= 15 is 0 Å². The van der Waals surface area contributed by atoms with Crippen LogP contribution in [0.1, 0.15) is 68.4 Å². The fourth-order valence-electron chi connectivity index (χ4n) is 6.37. The third kappa shape index (κ3) is 1.99. The van der Waals surface area contributed by atoms with E-state index in [1.54, 1.807) is 0 Å². The number of rotatable bonds is 3. The Hall–Kier alpha value is -1.84. The minimum absolute atomic E-state index is 0.0171. The summed E-state index contributed by atoms with van der Waals surface area (Å²) in [5, 5.41) is 20.2. The second kappa shape index (κ2) is 5.36. The van der Waals surface area contributed by atoms with Gasteiger partial charge >= 0.3 is 0 Å². The Labute approximate surface area is 161 Å². The molecule has 5 atom stereocenters. The van der Waals surface area contributed by atoms with Crippen molar-refractivity contribution >= 4 is 0 Å². The molecule has 2 bridgehead atoms. The molecule has 1 heterocycles. The quantitative estimate of drug-likeness (QED) is 0.844. The van der Waals surface area contributed by atoms with Crippen LogP contribution in [0.2, 0.25) is 0 Å². The fraction of sp³-hybridized carbons (Fsp3) is 0.500. The van der Waals surface area contributed by atoms with Crippen molar-refractivity contribution < 1.29 is 14.9 Å². The zero-order valence-electron chi connectivity index (χ0n) is 16.3. The summed E-state index contributed by atoms with van der Waals surface area (Å²) >= 11 is 0. The molecule has 1 aliphatic heterocycles. The lowest BCUT2D eigenvalue weighted by Crippen LogP contribution is -2.54. The number of hydrogen-bond acceptors (Lipinski definition) is 3. The monoisotopic (exact) mass is 364 g/mol. The molecule has 0 saturated heterocycles. The summed E-state index contributed by atoms with van der Waals surface area (Å²) in [5.74, 6) is 1.60. The predicted molar refractivity (Wildman–Crippen MR) is 105 cm³/mol. The van der Waals surface area contributed by atoms with E-state index in [4.69, 9.17) is 4.74 Å². The molecule has 3 aliphatic rings. The second-order valence-electron chi connectivity index (χ2n) is 9.39. The van der Waals surface area contributed by atoms with Gasteiger partial charge in [0.15, 0.2) is 0 Å². The highest BCUT2D eigenvalue weighted by Gasteiger charge is 2.73. The number of fused-ring (bicyclic) bond motifs is 7. The molecule has 27 heavy (non-hydrogen) atoms. The standard InChI is InChI=1S/C24H28O3/c1-22-11-10-18(13-22)24(3)23(22,2)19-12-17(8-9-20(19)27-24)21(26)16-6-4-15(14-25)5-7-16/h4-9,12,18,21,25-26H,10-11,13-14H2,1-3H3. The summed E-state index contributed by atoms with van der Waals surface area (Å²) in [7, 11) is 0. The van der Waals surface area contributed by atoms with E-state index < -0.39 is 6.10 Å². The topological polar surface area (TPSA) is 49.7 Å². The van der Waals surface area contributed by atoms with Gasteiger partial charge in [0.25, 0.3) is 0 Å². The molecule has 2 aliphatic carbocycles. The van der Waals surface area contributed by atoms with E-state index in [1.807, 2.05) is 36.4 Å². The summed E-state index contributed by atoms with van der Waals surface area (Å²) in [4.78, 5) is 0. The first-order chi connectivity index (χ1) is 12.8. The van der Waals surface area contributed by atoms with E-state index in [0.29, 0.717) is 5.92 Å². The van der Waals surface area contributed by atoms with Crippen molar-refractivity contribution in [3.05, 3.63) is 64.7 Å². The molecule has 0 spiro atoms. The molecule has 3 nitrogen and oxygen atoms in total. The van der Waals surface area contributed by atoms with Crippen LogP contribution in [-0.4, -0.2) is 15.8 Å². The van der Waals surface area contributed by atoms with Crippen molar-refractivity contribution in [1.29, 1.82) is 0 Å². The molecular weight excluding hydrogens is 336 g/mol. The Morgan fingerprint density at radius 3 is 2.48 bits per heavy atom. The van der Waals surface area contributed by atoms with Crippen LogP contribution in [-0.2, 0) is 12.0 Å². The Balaban J connectivity index is 1.57. The zero-order chi connectivity index (χ0) is 19.0. The van der Waals surface area contributed by atoms with Gasteiger partial charge in [-0.05, 0) is 66.3 Å². The maximum absolute atomic E-state index is 11.0. The van der Waals surface area contributed by atoms with Gasteiger partial charge in [-0.2, -0.15) is 0 Å². The van der Waals surface area contributed by atoms with Crippen molar-refractivity contribution in [1.82, 2.24) is 0 Å². The molecule has 5 unspecified atom stereocenters. The molecule has 3 heteroatoms. The first kappa shape index (κ1) is 17.3. The SMILES string of the molecule is CC12CCC(C1)C1(C)Oc3ccc(C(O)c4ccc(CO)cc4)cc3C21C. The Morgan fingerprint density at radius 2 is 1.78 bits per heavy atom. The molecule has 2 N–H and O–H groups in total. The van der Waals surface area contributed by atoms with Crippen molar-refractivity contribution in [2.75, 3.05) is 0 Å². The third-order valence-electron chi connectivity index (χ3n) is 8.38. The highest BCUT2D eigenvalue weighted by Crippen LogP contribution is 2.73. The average Bonchev–Trinajstić information content (AvgIpc) is 3.25. The highest BCUT2D eigenvalue weighted by molar-refractivity contribution is 5.54. The largest absolute Gasteiger partial charge is 0.486 e. The van der Waals surface area contributed by atoms with E-state index in [-0.39, 0.29) is 23.0 Å².